The number of carbonyl (C=O) groups is 2. The Bertz CT molecular complexity index is 770. The molecule has 0 bridgehead atoms. The van der Waals surface area contributed by atoms with Gasteiger partial charge in [-0.3, -0.25) is 14.9 Å². The highest BCUT2D eigenvalue weighted by atomic mass is 35.5. The quantitative estimate of drug-likeness (QED) is 0.242. The lowest BCUT2D eigenvalue weighted by Gasteiger charge is -2.35. The second-order valence-electron chi connectivity index (χ2n) is 5.75. The average Bonchev–Trinajstić information content (AvgIpc) is 2.66. The fourth-order valence-corrected chi connectivity index (χ4v) is 2.79. The van der Waals surface area contributed by atoms with Crippen LogP contribution in [0.4, 0.5) is 11.4 Å². The van der Waals surface area contributed by atoms with E-state index in [0.29, 0.717) is 36.9 Å². The summed E-state index contributed by atoms with van der Waals surface area (Å²) in [5, 5.41) is 11.5. The first kappa shape index (κ1) is 20.4. The molecule has 144 valence electrons. The van der Waals surface area contributed by atoms with Crippen LogP contribution in [0.2, 0.25) is 5.02 Å². The van der Waals surface area contributed by atoms with Gasteiger partial charge in [0.05, 0.1) is 4.92 Å². The maximum Gasteiger partial charge on any atom is 0.331 e. The van der Waals surface area contributed by atoms with E-state index in [9.17, 15) is 19.7 Å². The first-order valence-corrected chi connectivity index (χ1v) is 8.73. The fourth-order valence-electron chi connectivity index (χ4n) is 2.62. The molecule has 1 aliphatic rings. The number of nitro benzene ring substituents is 1. The number of allylic oxidation sites excluding steroid dienone is 3. The third-order valence-corrected chi connectivity index (χ3v) is 4.22. The van der Waals surface area contributed by atoms with E-state index in [1.807, 2.05) is 11.8 Å². The van der Waals surface area contributed by atoms with Crippen molar-refractivity contribution >= 4 is 34.9 Å². The number of amides is 1. The van der Waals surface area contributed by atoms with Gasteiger partial charge < -0.3 is 14.5 Å². The van der Waals surface area contributed by atoms with Gasteiger partial charge in [-0.25, -0.2) is 4.79 Å². The van der Waals surface area contributed by atoms with Crippen LogP contribution in [0.3, 0.4) is 0 Å². The van der Waals surface area contributed by atoms with Crippen LogP contribution >= 0.6 is 11.6 Å². The molecule has 0 radical (unpaired) electrons. The lowest BCUT2D eigenvalue weighted by Crippen LogP contribution is -2.50. The van der Waals surface area contributed by atoms with Crippen LogP contribution in [0.25, 0.3) is 0 Å². The number of rotatable bonds is 6. The van der Waals surface area contributed by atoms with Gasteiger partial charge in [-0.15, -0.1) is 0 Å². The molecule has 0 unspecified atom stereocenters. The SMILES string of the molecule is C/C=C/C=C/C(=O)OCC(=O)N1CCN(c2ccc(Cl)cc2[N+](=O)[O-])CC1. The zero-order valence-electron chi connectivity index (χ0n) is 14.8. The number of ether oxygens (including phenoxy) is 1. The van der Waals surface area contributed by atoms with Crippen molar-refractivity contribution in [1.82, 2.24) is 4.90 Å². The highest BCUT2D eigenvalue weighted by molar-refractivity contribution is 6.30. The van der Waals surface area contributed by atoms with Gasteiger partial charge in [0.25, 0.3) is 11.6 Å². The molecule has 1 aromatic rings. The largest absolute Gasteiger partial charge is 0.452 e. The van der Waals surface area contributed by atoms with Crippen LogP contribution in [-0.2, 0) is 14.3 Å². The number of hydrogen-bond acceptors (Lipinski definition) is 6. The predicted molar refractivity (Wildman–Crippen MR) is 102 cm³/mol. The first-order valence-electron chi connectivity index (χ1n) is 8.35. The molecule has 0 atom stereocenters. The summed E-state index contributed by atoms with van der Waals surface area (Å²) in [5.74, 6) is -0.884. The van der Waals surface area contributed by atoms with Crippen molar-refractivity contribution in [3.05, 3.63) is 57.6 Å². The Balaban J connectivity index is 1.89. The summed E-state index contributed by atoms with van der Waals surface area (Å²) < 4.78 is 4.91. The number of anilines is 1. The minimum Gasteiger partial charge on any atom is -0.452 e. The standard InChI is InChI=1S/C18H20ClN3O5/c1-2-3-4-5-18(24)27-13-17(23)21-10-8-20(9-11-21)15-7-6-14(19)12-16(15)22(25)26/h2-7,12H,8-11,13H2,1H3/b3-2+,5-4+. The third kappa shape index (κ3) is 5.82. The molecule has 0 N–H and O–H groups in total. The second kappa shape index (κ2) is 9.72. The zero-order valence-corrected chi connectivity index (χ0v) is 15.6. The van der Waals surface area contributed by atoms with E-state index in [4.69, 9.17) is 16.3 Å². The molecule has 9 heteroatoms. The topological polar surface area (TPSA) is 93.0 Å². The van der Waals surface area contributed by atoms with Crippen molar-refractivity contribution in [3.63, 3.8) is 0 Å². The Labute approximate surface area is 161 Å². The molecule has 0 aliphatic carbocycles. The lowest BCUT2D eigenvalue weighted by atomic mass is 10.2. The van der Waals surface area contributed by atoms with Crippen LogP contribution in [0.5, 0.6) is 0 Å². The Morgan fingerprint density at radius 1 is 1.26 bits per heavy atom. The smallest absolute Gasteiger partial charge is 0.331 e. The van der Waals surface area contributed by atoms with Crippen LogP contribution in [0.15, 0.2) is 42.5 Å². The van der Waals surface area contributed by atoms with Gasteiger partial charge in [0.15, 0.2) is 6.61 Å². The van der Waals surface area contributed by atoms with Gasteiger partial charge in [-0.2, -0.15) is 0 Å². The summed E-state index contributed by atoms with van der Waals surface area (Å²) in [6.45, 7) is 3.11. The second-order valence-corrected chi connectivity index (χ2v) is 6.19. The number of benzene rings is 1. The molecule has 0 saturated carbocycles. The summed E-state index contributed by atoms with van der Waals surface area (Å²) in [7, 11) is 0. The summed E-state index contributed by atoms with van der Waals surface area (Å²) in [4.78, 5) is 37.8. The molecule has 8 nitrogen and oxygen atoms in total. The van der Waals surface area contributed by atoms with E-state index in [-0.39, 0.29) is 18.2 Å². The van der Waals surface area contributed by atoms with E-state index >= 15 is 0 Å². The summed E-state index contributed by atoms with van der Waals surface area (Å²) in [5.41, 5.74) is 0.404. The Kier molecular flexibility index (Phi) is 7.36. The Morgan fingerprint density at radius 2 is 1.96 bits per heavy atom. The molecule has 1 saturated heterocycles. The number of carbonyl (C=O) groups excluding carboxylic acids is 2. The maximum absolute atomic E-state index is 12.2. The molecule has 1 fully saturated rings. The summed E-state index contributed by atoms with van der Waals surface area (Å²) in [6.07, 6.45) is 6.22. The van der Waals surface area contributed by atoms with Crippen LogP contribution in [0, 0.1) is 10.1 Å². The monoisotopic (exact) mass is 393 g/mol. The number of piperazine rings is 1. The molecule has 1 amide bonds. The number of nitrogens with zero attached hydrogens (tertiary/aromatic N) is 3. The van der Waals surface area contributed by atoms with Gasteiger partial charge in [0.2, 0.25) is 0 Å². The van der Waals surface area contributed by atoms with Gasteiger partial charge in [-0.1, -0.05) is 29.8 Å². The van der Waals surface area contributed by atoms with Crippen LogP contribution in [-0.4, -0.2) is 54.5 Å². The van der Waals surface area contributed by atoms with Crippen molar-refractivity contribution < 1.29 is 19.2 Å². The van der Waals surface area contributed by atoms with Gasteiger partial charge in [0, 0.05) is 43.3 Å². The average molecular weight is 394 g/mol. The predicted octanol–water partition coefficient (Wildman–Crippen LogP) is 2.57. The van der Waals surface area contributed by atoms with Gasteiger partial charge in [-0.05, 0) is 19.1 Å². The molecule has 1 heterocycles. The van der Waals surface area contributed by atoms with Crippen molar-refractivity contribution in [2.75, 3.05) is 37.7 Å². The number of nitro groups is 1. The minimum atomic E-state index is -0.586. The summed E-state index contributed by atoms with van der Waals surface area (Å²) >= 11 is 5.84. The summed E-state index contributed by atoms with van der Waals surface area (Å²) in [6, 6.07) is 4.52. The maximum atomic E-state index is 12.2. The molecule has 2 rings (SSSR count). The Morgan fingerprint density at radius 3 is 2.59 bits per heavy atom. The number of esters is 1. The molecule has 27 heavy (non-hydrogen) atoms. The van der Waals surface area contributed by atoms with Crippen LogP contribution in [0.1, 0.15) is 6.92 Å². The minimum absolute atomic E-state index is 0.0656. The first-order chi connectivity index (χ1) is 12.9. The highest BCUT2D eigenvalue weighted by Crippen LogP contribution is 2.31. The van der Waals surface area contributed by atoms with E-state index in [1.54, 1.807) is 29.2 Å². The van der Waals surface area contributed by atoms with Gasteiger partial charge >= 0.3 is 5.97 Å². The molecular formula is C18H20ClN3O5. The van der Waals surface area contributed by atoms with E-state index in [0.717, 1.165) is 0 Å². The number of hydrogen-bond donors (Lipinski definition) is 0. The van der Waals surface area contributed by atoms with E-state index < -0.39 is 10.9 Å². The highest BCUT2D eigenvalue weighted by Gasteiger charge is 2.26. The number of halogens is 1. The van der Waals surface area contributed by atoms with Crippen molar-refractivity contribution in [2.24, 2.45) is 0 Å². The van der Waals surface area contributed by atoms with Gasteiger partial charge in [0.1, 0.15) is 5.69 Å². The van der Waals surface area contributed by atoms with Crippen molar-refractivity contribution in [1.29, 1.82) is 0 Å². The lowest BCUT2D eigenvalue weighted by molar-refractivity contribution is -0.384. The molecule has 0 spiro atoms. The zero-order chi connectivity index (χ0) is 19.8. The van der Waals surface area contributed by atoms with Crippen molar-refractivity contribution in [2.45, 2.75) is 6.92 Å². The van der Waals surface area contributed by atoms with Crippen molar-refractivity contribution in [3.8, 4) is 0 Å². The van der Waals surface area contributed by atoms with E-state index in [1.165, 1.54) is 18.2 Å². The Hall–Kier alpha value is -2.87. The molecular weight excluding hydrogens is 374 g/mol. The molecule has 1 aliphatic heterocycles. The molecule has 1 aromatic carbocycles. The third-order valence-electron chi connectivity index (χ3n) is 3.98. The normalized spacial score (nSPS) is 14.7. The molecule has 0 aromatic heterocycles. The fraction of sp³-hybridized carbons (Fsp3) is 0.333. The van der Waals surface area contributed by atoms with E-state index in [2.05, 4.69) is 0 Å². The van der Waals surface area contributed by atoms with Crippen LogP contribution < -0.4 is 4.90 Å².